The van der Waals surface area contributed by atoms with Gasteiger partial charge in [0.25, 0.3) is 0 Å². The fraction of sp³-hybridized carbons (Fsp3) is 0.933. The Bertz CT molecular complexity index is 282. The first-order valence-corrected chi connectivity index (χ1v) is 7.89. The minimum Gasteiger partial charge on any atom is -0.393 e. The first-order chi connectivity index (χ1) is 9.20. The molecule has 1 N–H and O–H groups in total. The lowest BCUT2D eigenvalue weighted by Gasteiger charge is -2.34. The van der Waals surface area contributed by atoms with Crippen molar-refractivity contribution in [3.05, 3.63) is 0 Å². The smallest absolute Gasteiger partial charge is 0.223 e. The molecule has 2 saturated heterocycles. The predicted molar refractivity (Wildman–Crippen MR) is 75.9 cm³/mol. The van der Waals surface area contributed by atoms with Gasteiger partial charge in [-0.05, 0) is 51.1 Å². The molecule has 0 radical (unpaired) electrons. The van der Waals surface area contributed by atoms with Crippen LogP contribution in [0.1, 0.15) is 45.4 Å². The fourth-order valence-electron chi connectivity index (χ4n) is 3.29. The molecule has 19 heavy (non-hydrogen) atoms. The summed E-state index contributed by atoms with van der Waals surface area (Å²) in [6, 6.07) is 0. The summed E-state index contributed by atoms with van der Waals surface area (Å²) in [5, 5.41) is 9.84. The Morgan fingerprint density at radius 3 is 2.42 bits per heavy atom. The SMILES string of the molecule is CCC(O)C1CCN(C(=O)CCN2CCCC2)CC1. The van der Waals surface area contributed by atoms with Crippen molar-refractivity contribution in [3.63, 3.8) is 0 Å². The molecule has 0 aromatic carbocycles. The highest BCUT2D eigenvalue weighted by Crippen LogP contribution is 2.22. The van der Waals surface area contributed by atoms with Gasteiger partial charge < -0.3 is 14.9 Å². The van der Waals surface area contributed by atoms with E-state index in [-0.39, 0.29) is 6.10 Å². The van der Waals surface area contributed by atoms with Gasteiger partial charge in [0.05, 0.1) is 6.10 Å². The van der Waals surface area contributed by atoms with Crippen LogP contribution in [0.3, 0.4) is 0 Å². The normalized spacial score (nSPS) is 23.8. The van der Waals surface area contributed by atoms with Crippen LogP contribution in [0.2, 0.25) is 0 Å². The molecule has 0 aromatic rings. The van der Waals surface area contributed by atoms with Gasteiger partial charge in [-0.1, -0.05) is 6.92 Å². The first-order valence-electron chi connectivity index (χ1n) is 7.89. The summed E-state index contributed by atoms with van der Waals surface area (Å²) >= 11 is 0. The number of carbonyl (C=O) groups excluding carboxylic acids is 1. The molecule has 2 fully saturated rings. The molecule has 2 heterocycles. The Morgan fingerprint density at radius 2 is 1.84 bits per heavy atom. The molecule has 0 bridgehead atoms. The monoisotopic (exact) mass is 268 g/mol. The van der Waals surface area contributed by atoms with Crippen LogP contribution in [-0.2, 0) is 4.79 Å². The maximum absolute atomic E-state index is 12.1. The van der Waals surface area contributed by atoms with Crippen molar-refractivity contribution >= 4 is 5.91 Å². The van der Waals surface area contributed by atoms with Crippen LogP contribution >= 0.6 is 0 Å². The molecule has 2 aliphatic rings. The molecule has 4 heteroatoms. The number of hydrogen-bond donors (Lipinski definition) is 1. The maximum Gasteiger partial charge on any atom is 0.223 e. The third kappa shape index (κ3) is 4.18. The number of hydrogen-bond acceptors (Lipinski definition) is 3. The zero-order valence-corrected chi connectivity index (χ0v) is 12.2. The van der Waals surface area contributed by atoms with E-state index >= 15 is 0 Å². The van der Waals surface area contributed by atoms with Crippen LogP contribution in [0.15, 0.2) is 0 Å². The van der Waals surface area contributed by atoms with E-state index < -0.39 is 0 Å². The van der Waals surface area contributed by atoms with E-state index in [1.807, 2.05) is 11.8 Å². The Hall–Kier alpha value is -0.610. The van der Waals surface area contributed by atoms with Gasteiger partial charge in [0.1, 0.15) is 0 Å². The highest BCUT2D eigenvalue weighted by atomic mass is 16.3. The molecule has 0 aromatic heterocycles. The summed E-state index contributed by atoms with van der Waals surface area (Å²) in [6.45, 7) is 6.95. The number of nitrogens with zero attached hydrogens (tertiary/aromatic N) is 2. The van der Waals surface area contributed by atoms with Gasteiger partial charge >= 0.3 is 0 Å². The second-order valence-electron chi connectivity index (χ2n) is 5.99. The van der Waals surface area contributed by atoms with Crippen molar-refractivity contribution in [2.75, 3.05) is 32.7 Å². The second kappa shape index (κ2) is 7.25. The first kappa shape index (κ1) is 14.8. The Morgan fingerprint density at radius 1 is 1.21 bits per heavy atom. The van der Waals surface area contributed by atoms with Gasteiger partial charge in [-0.2, -0.15) is 0 Å². The molecule has 0 spiro atoms. The van der Waals surface area contributed by atoms with Crippen molar-refractivity contribution in [2.24, 2.45) is 5.92 Å². The van der Waals surface area contributed by atoms with Crippen molar-refractivity contribution in [1.82, 2.24) is 9.80 Å². The van der Waals surface area contributed by atoms with E-state index in [2.05, 4.69) is 4.90 Å². The van der Waals surface area contributed by atoms with Crippen molar-refractivity contribution < 1.29 is 9.90 Å². The molecule has 1 unspecified atom stereocenters. The molecular weight excluding hydrogens is 240 g/mol. The van der Waals surface area contributed by atoms with Gasteiger partial charge in [0.15, 0.2) is 0 Å². The second-order valence-corrected chi connectivity index (χ2v) is 5.99. The number of piperidine rings is 1. The summed E-state index contributed by atoms with van der Waals surface area (Å²) in [6.07, 6.45) is 5.81. The lowest BCUT2D eigenvalue weighted by Crippen LogP contribution is -2.42. The van der Waals surface area contributed by atoms with E-state index in [9.17, 15) is 9.90 Å². The van der Waals surface area contributed by atoms with E-state index in [4.69, 9.17) is 0 Å². The Kier molecular flexibility index (Phi) is 5.64. The van der Waals surface area contributed by atoms with Crippen molar-refractivity contribution in [3.8, 4) is 0 Å². The van der Waals surface area contributed by atoms with E-state index in [1.165, 1.54) is 12.8 Å². The summed E-state index contributed by atoms with van der Waals surface area (Å²) < 4.78 is 0. The van der Waals surface area contributed by atoms with Gasteiger partial charge in [0.2, 0.25) is 5.91 Å². The molecule has 110 valence electrons. The molecule has 0 aliphatic carbocycles. The number of carbonyl (C=O) groups is 1. The molecule has 1 amide bonds. The highest BCUT2D eigenvalue weighted by molar-refractivity contribution is 5.76. The topological polar surface area (TPSA) is 43.8 Å². The molecule has 2 aliphatic heterocycles. The van der Waals surface area contributed by atoms with Crippen LogP contribution in [-0.4, -0.2) is 59.6 Å². The summed E-state index contributed by atoms with van der Waals surface area (Å²) in [5.41, 5.74) is 0. The Labute approximate surface area is 116 Å². The van der Waals surface area contributed by atoms with Crippen LogP contribution in [0.25, 0.3) is 0 Å². The molecule has 1 atom stereocenters. The molecule has 2 rings (SSSR count). The van der Waals surface area contributed by atoms with E-state index in [0.29, 0.717) is 18.2 Å². The van der Waals surface area contributed by atoms with Gasteiger partial charge in [-0.15, -0.1) is 0 Å². The largest absolute Gasteiger partial charge is 0.393 e. The number of aliphatic hydroxyl groups is 1. The maximum atomic E-state index is 12.1. The minimum absolute atomic E-state index is 0.179. The van der Waals surface area contributed by atoms with Crippen molar-refractivity contribution in [2.45, 2.75) is 51.6 Å². The van der Waals surface area contributed by atoms with E-state index in [0.717, 1.165) is 52.0 Å². The van der Waals surface area contributed by atoms with Crippen LogP contribution < -0.4 is 0 Å². The lowest BCUT2D eigenvalue weighted by molar-refractivity contribution is -0.133. The number of likely N-dealkylation sites (tertiary alicyclic amines) is 2. The number of rotatable bonds is 5. The van der Waals surface area contributed by atoms with E-state index in [1.54, 1.807) is 0 Å². The highest BCUT2D eigenvalue weighted by Gasteiger charge is 2.26. The van der Waals surface area contributed by atoms with Gasteiger partial charge in [0, 0.05) is 26.1 Å². The quantitative estimate of drug-likeness (QED) is 0.821. The third-order valence-corrected chi connectivity index (χ3v) is 4.70. The summed E-state index contributed by atoms with van der Waals surface area (Å²) in [4.78, 5) is 16.5. The standard InChI is InChI=1S/C15H28N2O2/c1-2-14(18)13-5-11-17(12-6-13)15(19)7-10-16-8-3-4-9-16/h13-14,18H,2-12H2,1H3. The fourth-order valence-corrected chi connectivity index (χ4v) is 3.29. The lowest BCUT2D eigenvalue weighted by atomic mass is 9.90. The Balaban J connectivity index is 1.67. The van der Waals surface area contributed by atoms with Crippen LogP contribution in [0.4, 0.5) is 0 Å². The summed E-state index contributed by atoms with van der Waals surface area (Å²) in [5.74, 6) is 0.698. The zero-order valence-electron chi connectivity index (χ0n) is 12.2. The van der Waals surface area contributed by atoms with Gasteiger partial charge in [-0.25, -0.2) is 0 Å². The average Bonchev–Trinajstić information content (AvgIpc) is 2.97. The molecule has 4 nitrogen and oxygen atoms in total. The number of aliphatic hydroxyl groups excluding tert-OH is 1. The zero-order chi connectivity index (χ0) is 13.7. The van der Waals surface area contributed by atoms with Crippen LogP contribution in [0.5, 0.6) is 0 Å². The molecule has 0 saturated carbocycles. The number of amides is 1. The van der Waals surface area contributed by atoms with Crippen molar-refractivity contribution in [1.29, 1.82) is 0 Å². The van der Waals surface area contributed by atoms with Crippen LogP contribution in [0, 0.1) is 5.92 Å². The minimum atomic E-state index is -0.179. The predicted octanol–water partition coefficient (Wildman–Crippen LogP) is 1.48. The van der Waals surface area contributed by atoms with Gasteiger partial charge in [-0.3, -0.25) is 4.79 Å². The molecular formula is C15H28N2O2. The average molecular weight is 268 g/mol. The summed E-state index contributed by atoms with van der Waals surface area (Å²) in [7, 11) is 0. The third-order valence-electron chi connectivity index (χ3n) is 4.70.